The lowest BCUT2D eigenvalue weighted by molar-refractivity contribution is 0.173. The molecule has 0 aromatic rings. The first-order valence-electron chi connectivity index (χ1n) is 3.96. The Labute approximate surface area is 88.2 Å². The lowest BCUT2D eigenvalue weighted by atomic mass is 10.2. The summed E-state index contributed by atoms with van der Waals surface area (Å²) in [7, 11) is 5.37. The first kappa shape index (κ1) is 12.0. The number of carbonyl (C=O) groups excluding carboxylic acids is 1. The molecule has 0 aliphatic carbocycles. The van der Waals surface area contributed by atoms with Crippen LogP contribution in [0.4, 0.5) is 4.79 Å². The molecule has 0 rings (SSSR count). The van der Waals surface area contributed by atoms with E-state index in [0.717, 1.165) is 0 Å². The van der Waals surface area contributed by atoms with Crippen molar-refractivity contribution in [3.8, 4) is 0 Å². The van der Waals surface area contributed by atoms with Crippen LogP contribution in [0, 0.1) is 5.92 Å². The summed E-state index contributed by atoms with van der Waals surface area (Å²) in [5, 5.41) is 0. The van der Waals surface area contributed by atoms with Gasteiger partial charge in [-0.1, -0.05) is 36.4 Å². The highest BCUT2D eigenvalue weighted by molar-refractivity contribution is 14.1. The van der Waals surface area contributed by atoms with E-state index in [9.17, 15) is 4.79 Å². The number of hydrogen-bond acceptors (Lipinski definition) is 1. The molecule has 0 radical (unpaired) electrons. The topological polar surface area (TPSA) is 23.6 Å². The van der Waals surface area contributed by atoms with E-state index in [1.54, 1.807) is 23.9 Å². The van der Waals surface area contributed by atoms with Crippen molar-refractivity contribution in [2.75, 3.05) is 21.1 Å². The minimum Gasteiger partial charge on any atom is -0.331 e. The summed E-state index contributed by atoms with van der Waals surface area (Å²) < 4.78 is 0.262. The molecule has 0 fully saturated rings. The molecule has 3 nitrogen and oxygen atoms in total. The monoisotopic (exact) mass is 284 g/mol. The van der Waals surface area contributed by atoms with Crippen molar-refractivity contribution in [2.24, 2.45) is 5.92 Å². The number of amides is 2. The second kappa shape index (κ2) is 4.89. The molecule has 4 heteroatoms. The van der Waals surface area contributed by atoms with Crippen LogP contribution in [-0.2, 0) is 0 Å². The van der Waals surface area contributed by atoms with Gasteiger partial charge in [0.05, 0.1) is 4.05 Å². The summed E-state index contributed by atoms with van der Waals surface area (Å²) in [5.74, 6) is 0.486. The van der Waals surface area contributed by atoms with Crippen molar-refractivity contribution in [3.63, 3.8) is 0 Å². The van der Waals surface area contributed by atoms with Gasteiger partial charge < -0.3 is 9.80 Å². The van der Waals surface area contributed by atoms with Crippen LogP contribution in [0.3, 0.4) is 0 Å². The average molecular weight is 284 g/mol. The average Bonchev–Trinajstić information content (AvgIpc) is 2.00. The van der Waals surface area contributed by atoms with E-state index in [1.807, 2.05) is 7.05 Å². The van der Waals surface area contributed by atoms with Gasteiger partial charge in [-0.15, -0.1) is 0 Å². The molecular formula is C8H17IN2O. The summed E-state index contributed by atoms with van der Waals surface area (Å²) in [6.45, 7) is 4.22. The highest BCUT2D eigenvalue weighted by Gasteiger charge is 2.20. The smallest absolute Gasteiger partial charge is 0.320 e. The van der Waals surface area contributed by atoms with Gasteiger partial charge >= 0.3 is 6.03 Å². The zero-order valence-electron chi connectivity index (χ0n) is 8.34. The third kappa shape index (κ3) is 3.16. The van der Waals surface area contributed by atoms with Crippen molar-refractivity contribution in [1.82, 2.24) is 9.80 Å². The number of rotatable bonds is 2. The van der Waals surface area contributed by atoms with Gasteiger partial charge in [-0.25, -0.2) is 4.79 Å². The van der Waals surface area contributed by atoms with E-state index in [1.165, 1.54) is 0 Å². The predicted octanol–water partition coefficient (Wildman–Crippen LogP) is 2.02. The Kier molecular flexibility index (Phi) is 4.89. The molecule has 0 aromatic carbocycles. The Bertz CT molecular complexity index is 159. The summed E-state index contributed by atoms with van der Waals surface area (Å²) in [6, 6.07) is 0.0584. The Balaban J connectivity index is 4.19. The fourth-order valence-corrected chi connectivity index (χ4v) is 1.11. The first-order chi connectivity index (χ1) is 5.37. The van der Waals surface area contributed by atoms with E-state index >= 15 is 0 Å². The molecule has 72 valence electrons. The lowest BCUT2D eigenvalue weighted by Crippen LogP contribution is -2.42. The van der Waals surface area contributed by atoms with Gasteiger partial charge in [0.1, 0.15) is 0 Å². The fraction of sp³-hybridized carbons (Fsp3) is 0.875. The molecule has 0 spiro atoms. The minimum absolute atomic E-state index is 0.0584. The van der Waals surface area contributed by atoms with Gasteiger partial charge in [0, 0.05) is 21.1 Å². The Morgan fingerprint density at radius 2 is 1.67 bits per heavy atom. The quantitative estimate of drug-likeness (QED) is 0.432. The second-order valence-corrected chi connectivity index (χ2v) is 4.68. The Morgan fingerprint density at radius 3 is 1.92 bits per heavy atom. The van der Waals surface area contributed by atoms with Gasteiger partial charge in [0.15, 0.2) is 0 Å². The van der Waals surface area contributed by atoms with Crippen LogP contribution in [0.2, 0.25) is 0 Å². The molecule has 0 heterocycles. The first-order valence-corrected chi connectivity index (χ1v) is 5.20. The van der Waals surface area contributed by atoms with E-state index in [4.69, 9.17) is 0 Å². The van der Waals surface area contributed by atoms with Crippen LogP contribution >= 0.6 is 22.6 Å². The van der Waals surface area contributed by atoms with Crippen molar-refractivity contribution in [3.05, 3.63) is 0 Å². The number of urea groups is 1. The van der Waals surface area contributed by atoms with Crippen LogP contribution in [0.25, 0.3) is 0 Å². The van der Waals surface area contributed by atoms with Crippen LogP contribution < -0.4 is 0 Å². The molecule has 0 saturated carbocycles. The third-order valence-electron chi connectivity index (χ3n) is 1.60. The van der Waals surface area contributed by atoms with Crippen LogP contribution in [0.5, 0.6) is 0 Å². The highest BCUT2D eigenvalue weighted by atomic mass is 127. The summed E-state index contributed by atoms with van der Waals surface area (Å²) in [6.07, 6.45) is 0. The standard InChI is InChI=1S/C8H17IN2O/c1-6(2)7(9)11(5)8(12)10(3)4/h6-7H,1-5H3/t7-/m1/s1. The fourth-order valence-electron chi connectivity index (χ4n) is 0.868. The van der Waals surface area contributed by atoms with E-state index in [0.29, 0.717) is 5.92 Å². The van der Waals surface area contributed by atoms with E-state index in [-0.39, 0.29) is 10.1 Å². The molecule has 0 saturated heterocycles. The summed E-state index contributed by atoms with van der Waals surface area (Å²) in [4.78, 5) is 14.8. The number of nitrogens with zero attached hydrogens (tertiary/aromatic N) is 2. The normalized spacial score (nSPS) is 12.9. The SMILES string of the molecule is CC(C)[C@H](I)N(C)C(=O)N(C)C. The maximum absolute atomic E-state index is 11.4. The van der Waals surface area contributed by atoms with Crippen molar-refractivity contribution < 1.29 is 4.79 Å². The second-order valence-electron chi connectivity index (χ2n) is 3.40. The largest absolute Gasteiger partial charge is 0.331 e. The minimum atomic E-state index is 0.0584. The maximum atomic E-state index is 11.4. The zero-order chi connectivity index (χ0) is 9.89. The summed E-state index contributed by atoms with van der Waals surface area (Å²) >= 11 is 2.28. The number of alkyl halides is 1. The highest BCUT2D eigenvalue weighted by Crippen LogP contribution is 2.16. The zero-order valence-corrected chi connectivity index (χ0v) is 10.5. The number of halogens is 1. The number of carbonyl (C=O) groups is 1. The molecule has 0 bridgehead atoms. The van der Waals surface area contributed by atoms with Crippen LogP contribution in [0.15, 0.2) is 0 Å². The van der Waals surface area contributed by atoms with Crippen molar-refractivity contribution >= 4 is 28.6 Å². The lowest BCUT2D eigenvalue weighted by Gasteiger charge is -2.28. The van der Waals surface area contributed by atoms with Gasteiger partial charge in [0.25, 0.3) is 0 Å². The molecule has 1 atom stereocenters. The van der Waals surface area contributed by atoms with Crippen LogP contribution in [0.1, 0.15) is 13.8 Å². The van der Waals surface area contributed by atoms with Gasteiger partial charge in [-0.2, -0.15) is 0 Å². The molecular weight excluding hydrogens is 267 g/mol. The van der Waals surface area contributed by atoms with E-state index in [2.05, 4.69) is 36.4 Å². The molecule has 12 heavy (non-hydrogen) atoms. The molecule has 0 aliphatic heterocycles. The number of hydrogen-bond donors (Lipinski definition) is 0. The van der Waals surface area contributed by atoms with Gasteiger partial charge in [0.2, 0.25) is 0 Å². The predicted molar refractivity (Wildman–Crippen MR) is 59.5 cm³/mol. The Morgan fingerprint density at radius 1 is 1.25 bits per heavy atom. The van der Waals surface area contributed by atoms with Crippen molar-refractivity contribution in [1.29, 1.82) is 0 Å². The van der Waals surface area contributed by atoms with Crippen molar-refractivity contribution in [2.45, 2.75) is 17.9 Å². The van der Waals surface area contributed by atoms with Gasteiger partial charge in [-0.05, 0) is 5.92 Å². The third-order valence-corrected chi connectivity index (χ3v) is 3.88. The summed E-state index contributed by atoms with van der Waals surface area (Å²) in [5.41, 5.74) is 0. The van der Waals surface area contributed by atoms with E-state index < -0.39 is 0 Å². The molecule has 0 N–H and O–H groups in total. The van der Waals surface area contributed by atoms with Crippen LogP contribution in [-0.4, -0.2) is 41.0 Å². The molecule has 2 amide bonds. The molecule has 0 aliphatic rings. The molecule has 0 aromatic heterocycles. The van der Waals surface area contributed by atoms with Gasteiger partial charge in [-0.3, -0.25) is 0 Å². The maximum Gasteiger partial charge on any atom is 0.320 e. The molecule has 0 unspecified atom stereocenters. The Hall–Kier alpha value is 0.